The van der Waals surface area contributed by atoms with Crippen LogP contribution in [0.25, 0.3) is 0 Å². The minimum Gasteiger partial charge on any atom is -0.394 e. The highest BCUT2D eigenvalue weighted by molar-refractivity contribution is 5.95. The maximum absolute atomic E-state index is 13.1. The highest BCUT2D eigenvalue weighted by Gasteiger charge is 2.67. The predicted molar refractivity (Wildman–Crippen MR) is 102 cm³/mol. The van der Waals surface area contributed by atoms with Crippen molar-refractivity contribution in [3.05, 3.63) is 71.5 Å². The number of aliphatic hydroxyl groups excluding tert-OH is 1. The van der Waals surface area contributed by atoms with Crippen molar-refractivity contribution < 1.29 is 19.1 Å². The largest absolute Gasteiger partial charge is 0.394 e. The molecule has 1 spiro atoms. The molecular weight excluding hydrogens is 359 g/mol. The number of hydrogen-bond donors (Lipinski definition) is 1. The molecule has 5 nitrogen and oxygen atoms in total. The molecule has 2 fully saturated rings. The van der Waals surface area contributed by atoms with Gasteiger partial charge in [-0.1, -0.05) is 37.3 Å². The van der Waals surface area contributed by atoms with Gasteiger partial charge in [0.15, 0.2) is 0 Å². The lowest BCUT2D eigenvalue weighted by Crippen LogP contribution is -2.85. The first-order chi connectivity index (χ1) is 13.5. The van der Waals surface area contributed by atoms with Crippen molar-refractivity contribution in [2.75, 3.05) is 19.7 Å². The zero-order chi connectivity index (χ0) is 19.9. The van der Waals surface area contributed by atoms with Gasteiger partial charge >= 0.3 is 0 Å². The Morgan fingerprint density at radius 3 is 2.32 bits per heavy atom. The zero-order valence-corrected chi connectivity index (χ0v) is 15.7. The van der Waals surface area contributed by atoms with Crippen LogP contribution in [-0.2, 0) is 4.79 Å². The molecule has 6 heteroatoms. The Bertz CT molecular complexity index is 878. The summed E-state index contributed by atoms with van der Waals surface area (Å²) in [6.07, 6.45) is 0.353. The van der Waals surface area contributed by atoms with E-state index in [1.54, 1.807) is 16.7 Å². The third kappa shape index (κ3) is 2.71. The van der Waals surface area contributed by atoms with E-state index >= 15 is 0 Å². The van der Waals surface area contributed by atoms with E-state index in [0.29, 0.717) is 25.1 Å². The monoisotopic (exact) mass is 382 g/mol. The second kappa shape index (κ2) is 7.02. The van der Waals surface area contributed by atoms with E-state index in [1.807, 2.05) is 30.3 Å². The van der Waals surface area contributed by atoms with E-state index < -0.39 is 5.54 Å². The van der Waals surface area contributed by atoms with Gasteiger partial charge in [0.1, 0.15) is 5.82 Å². The number of carbonyl (C=O) groups excluding carboxylic acids is 2. The SMILES string of the molecule is CCC(=O)N1[C@@H](CO)[C@@H](c2ccccc2)C12CN(C(=O)c1ccc(F)cc1)C2. The summed E-state index contributed by atoms with van der Waals surface area (Å²) in [5.41, 5.74) is 1.01. The van der Waals surface area contributed by atoms with Crippen molar-refractivity contribution in [3.8, 4) is 0 Å². The molecule has 2 aromatic carbocycles. The number of likely N-dealkylation sites (tertiary alicyclic amines) is 2. The quantitative estimate of drug-likeness (QED) is 0.884. The zero-order valence-electron chi connectivity index (χ0n) is 15.7. The Morgan fingerprint density at radius 2 is 1.75 bits per heavy atom. The van der Waals surface area contributed by atoms with E-state index in [1.165, 1.54) is 24.3 Å². The first kappa shape index (κ1) is 18.6. The average Bonchev–Trinajstić information content (AvgIpc) is 2.67. The Hall–Kier alpha value is -2.73. The molecule has 0 aliphatic carbocycles. The fraction of sp³-hybridized carbons (Fsp3) is 0.364. The Kier molecular flexibility index (Phi) is 4.67. The van der Waals surface area contributed by atoms with Gasteiger partial charge in [0.2, 0.25) is 5.91 Å². The van der Waals surface area contributed by atoms with E-state index in [0.717, 1.165) is 5.56 Å². The van der Waals surface area contributed by atoms with E-state index in [4.69, 9.17) is 0 Å². The Balaban J connectivity index is 1.61. The summed E-state index contributed by atoms with van der Waals surface area (Å²) in [6.45, 7) is 2.51. The summed E-state index contributed by atoms with van der Waals surface area (Å²) >= 11 is 0. The highest BCUT2D eigenvalue weighted by atomic mass is 19.1. The van der Waals surface area contributed by atoms with Crippen LogP contribution in [-0.4, -0.2) is 58.0 Å². The van der Waals surface area contributed by atoms with Crippen molar-refractivity contribution in [1.82, 2.24) is 9.80 Å². The van der Waals surface area contributed by atoms with Crippen LogP contribution in [0.4, 0.5) is 4.39 Å². The van der Waals surface area contributed by atoms with Gasteiger partial charge < -0.3 is 14.9 Å². The third-order valence-electron chi connectivity index (χ3n) is 6.00. The number of nitrogens with zero attached hydrogens (tertiary/aromatic N) is 2. The second-order valence-corrected chi connectivity index (χ2v) is 7.53. The number of carbonyl (C=O) groups is 2. The van der Waals surface area contributed by atoms with Crippen molar-refractivity contribution in [2.24, 2.45) is 0 Å². The lowest BCUT2D eigenvalue weighted by molar-refractivity contribution is -0.193. The normalized spacial score (nSPS) is 22.5. The van der Waals surface area contributed by atoms with E-state index in [9.17, 15) is 19.1 Å². The van der Waals surface area contributed by atoms with E-state index in [2.05, 4.69) is 0 Å². The molecule has 2 aliphatic heterocycles. The van der Waals surface area contributed by atoms with Gasteiger partial charge in [-0.3, -0.25) is 9.59 Å². The van der Waals surface area contributed by atoms with Crippen molar-refractivity contribution in [3.63, 3.8) is 0 Å². The maximum atomic E-state index is 13.1. The first-order valence-electron chi connectivity index (χ1n) is 9.54. The molecule has 2 saturated heterocycles. The van der Waals surface area contributed by atoms with Gasteiger partial charge in [0.25, 0.3) is 5.91 Å². The molecule has 2 amide bonds. The van der Waals surface area contributed by atoms with Gasteiger partial charge in [0.05, 0.1) is 18.2 Å². The van der Waals surface area contributed by atoms with Crippen molar-refractivity contribution in [2.45, 2.75) is 30.8 Å². The molecule has 0 radical (unpaired) electrons. The number of benzene rings is 2. The number of aliphatic hydroxyl groups is 1. The summed E-state index contributed by atoms with van der Waals surface area (Å²) < 4.78 is 13.1. The molecular formula is C22H23FN2O3. The molecule has 2 atom stereocenters. The van der Waals surface area contributed by atoms with Crippen LogP contribution >= 0.6 is 0 Å². The second-order valence-electron chi connectivity index (χ2n) is 7.53. The molecule has 2 aromatic rings. The fourth-order valence-corrected chi connectivity index (χ4v) is 4.77. The standard InChI is InChI=1S/C22H23FN2O3/c1-2-19(27)25-18(12-26)20(15-6-4-3-5-7-15)22(25)13-24(14-22)21(28)16-8-10-17(23)11-9-16/h3-11,18,20,26H,2,12-14H2,1H3/t18-,20+/m0/s1. The molecule has 1 N–H and O–H groups in total. The van der Waals surface area contributed by atoms with E-state index in [-0.39, 0.29) is 36.2 Å². The smallest absolute Gasteiger partial charge is 0.254 e. The van der Waals surface area contributed by atoms with Crippen LogP contribution in [0.15, 0.2) is 54.6 Å². The summed E-state index contributed by atoms with van der Waals surface area (Å²) in [7, 11) is 0. The van der Waals surface area contributed by atoms with Crippen LogP contribution in [0.1, 0.15) is 35.2 Å². The minimum atomic E-state index is -0.489. The van der Waals surface area contributed by atoms with Crippen LogP contribution in [0.3, 0.4) is 0 Å². The first-order valence-corrected chi connectivity index (χ1v) is 9.54. The Morgan fingerprint density at radius 1 is 1.11 bits per heavy atom. The summed E-state index contributed by atoms with van der Waals surface area (Å²) in [5, 5.41) is 9.95. The van der Waals surface area contributed by atoms with Crippen LogP contribution < -0.4 is 0 Å². The number of halogens is 1. The molecule has 0 saturated carbocycles. The predicted octanol–water partition coefficient (Wildman–Crippen LogP) is 2.42. The lowest BCUT2D eigenvalue weighted by Gasteiger charge is -2.70. The van der Waals surface area contributed by atoms with Gasteiger partial charge in [-0.25, -0.2) is 4.39 Å². The molecule has 2 aliphatic rings. The molecule has 28 heavy (non-hydrogen) atoms. The van der Waals surface area contributed by atoms with Gasteiger partial charge in [-0.15, -0.1) is 0 Å². The topological polar surface area (TPSA) is 60.9 Å². The molecule has 2 heterocycles. The van der Waals surface area contributed by atoms with Crippen LogP contribution in [0.2, 0.25) is 0 Å². The van der Waals surface area contributed by atoms with Crippen molar-refractivity contribution in [1.29, 1.82) is 0 Å². The minimum absolute atomic E-state index is 0.0138. The van der Waals surface area contributed by atoms with Gasteiger partial charge in [0, 0.05) is 31.0 Å². The maximum Gasteiger partial charge on any atom is 0.254 e. The summed E-state index contributed by atoms with van der Waals surface area (Å²) in [6, 6.07) is 15.1. The van der Waals surface area contributed by atoms with Crippen molar-refractivity contribution >= 4 is 11.8 Å². The Labute approximate surface area is 163 Å². The van der Waals surface area contributed by atoms with Crippen LogP contribution in [0.5, 0.6) is 0 Å². The molecule has 4 rings (SSSR count). The van der Waals surface area contributed by atoms with Gasteiger partial charge in [-0.2, -0.15) is 0 Å². The molecule has 0 aromatic heterocycles. The highest BCUT2D eigenvalue weighted by Crippen LogP contribution is 2.54. The molecule has 0 unspecified atom stereocenters. The van der Waals surface area contributed by atoms with Gasteiger partial charge in [-0.05, 0) is 29.8 Å². The molecule has 0 bridgehead atoms. The average molecular weight is 382 g/mol. The lowest BCUT2D eigenvalue weighted by atomic mass is 9.60. The fourth-order valence-electron chi connectivity index (χ4n) is 4.77. The number of rotatable bonds is 4. The summed E-state index contributed by atoms with van der Waals surface area (Å²) in [4.78, 5) is 28.8. The van der Waals surface area contributed by atoms with Crippen LogP contribution in [0, 0.1) is 5.82 Å². The summed E-state index contributed by atoms with van der Waals surface area (Å²) in [5.74, 6) is -0.592. The number of hydrogen-bond acceptors (Lipinski definition) is 3. The molecule has 146 valence electrons. The number of amides is 2. The third-order valence-corrected chi connectivity index (χ3v) is 6.00.